The van der Waals surface area contributed by atoms with Crippen molar-refractivity contribution in [3.63, 3.8) is 0 Å². The van der Waals surface area contributed by atoms with Crippen LogP contribution in [0.1, 0.15) is 0 Å². The number of ether oxygens (including phenoxy) is 3. The summed E-state index contributed by atoms with van der Waals surface area (Å²) in [6.07, 6.45) is -1.19. The molecule has 2 N–H and O–H groups in total. The minimum Gasteiger partial charge on any atom is -0.447 e. The van der Waals surface area contributed by atoms with Crippen molar-refractivity contribution in [2.45, 2.75) is 0 Å². The second-order valence-corrected chi connectivity index (χ2v) is 3.42. The van der Waals surface area contributed by atoms with Gasteiger partial charge in [-0.2, -0.15) is 0 Å². The number of amides is 2. The minimum atomic E-state index is -0.603. The van der Waals surface area contributed by atoms with Crippen LogP contribution in [-0.2, 0) is 9.47 Å². The number of hydrogen-bond acceptors (Lipinski definition) is 5. The van der Waals surface area contributed by atoms with E-state index in [-0.39, 0.29) is 6.61 Å². The second kappa shape index (κ2) is 7.93. The maximum atomic E-state index is 11.4. The SMILES string of the molecule is CNC(=O)Oc1cccc(NC(=O)OCCOC)c1. The van der Waals surface area contributed by atoms with E-state index in [1.165, 1.54) is 20.2 Å². The summed E-state index contributed by atoms with van der Waals surface area (Å²) in [6, 6.07) is 6.39. The van der Waals surface area contributed by atoms with E-state index in [1.54, 1.807) is 18.2 Å². The van der Waals surface area contributed by atoms with Crippen molar-refractivity contribution in [1.82, 2.24) is 5.32 Å². The number of anilines is 1. The molecular formula is C12H16N2O5. The monoisotopic (exact) mass is 268 g/mol. The first-order valence-electron chi connectivity index (χ1n) is 5.58. The Bertz CT molecular complexity index is 436. The third-order valence-electron chi connectivity index (χ3n) is 2.02. The van der Waals surface area contributed by atoms with Crippen molar-refractivity contribution in [2.75, 3.05) is 32.7 Å². The normalized spacial score (nSPS) is 9.58. The Morgan fingerprint density at radius 1 is 1.21 bits per heavy atom. The minimum absolute atomic E-state index is 0.163. The third-order valence-corrected chi connectivity index (χ3v) is 2.02. The van der Waals surface area contributed by atoms with Crippen molar-refractivity contribution in [2.24, 2.45) is 0 Å². The summed E-state index contributed by atoms with van der Waals surface area (Å²) in [5.74, 6) is 0.314. The Kier molecular flexibility index (Phi) is 6.17. The maximum Gasteiger partial charge on any atom is 0.412 e. The topological polar surface area (TPSA) is 85.9 Å². The zero-order valence-electron chi connectivity index (χ0n) is 10.8. The van der Waals surface area contributed by atoms with Crippen molar-refractivity contribution in [1.29, 1.82) is 0 Å². The maximum absolute atomic E-state index is 11.4. The Morgan fingerprint density at radius 3 is 2.68 bits per heavy atom. The molecule has 7 nitrogen and oxygen atoms in total. The molecule has 0 saturated carbocycles. The van der Waals surface area contributed by atoms with Crippen LogP contribution in [0.15, 0.2) is 24.3 Å². The fourth-order valence-electron chi connectivity index (χ4n) is 1.17. The molecule has 2 amide bonds. The van der Waals surface area contributed by atoms with Gasteiger partial charge in [-0.1, -0.05) is 6.07 Å². The van der Waals surface area contributed by atoms with Gasteiger partial charge in [0.2, 0.25) is 0 Å². The first kappa shape index (κ1) is 14.8. The zero-order valence-corrected chi connectivity index (χ0v) is 10.8. The molecule has 0 atom stereocenters. The molecule has 0 aliphatic rings. The van der Waals surface area contributed by atoms with E-state index in [0.29, 0.717) is 18.0 Å². The third kappa shape index (κ3) is 5.73. The van der Waals surface area contributed by atoms with Gasteiger partial charge in [-0.25, -0.2) is 9.59 Å². The number of carbonyl (C=O) groups is 2. The molecule has 0 unspecified atom stereocenters. The van der Waals surface area contributed by atoms with Crippen LogP contribution in [0.4, 0.5) is 15.3 Å². The van der Waals surface area contributed by atoms with Gasteiger partial charge < -0.3 is 19.5 Å². The lowest BCUT2D eigenvalue weighted by Crippen LogP contribution is -2.22. The van der Waals surface area contributed by atoms with Crippen molar-refractivity contribution in [3.8, 4) is 5.75 Å². The van der Waals surface area contributed by atoms with Crippen LogP contribution in [0, 0.1) is 0 Å². The van der Waals surface area contributed by atoms with E-state index in [4.69, 9.17) is 14.2 Å². The lowest BCUT2D eigenvalue weighted by molar-refractivity contribution is 0.107. The largest absolute Gasteiger partial charge is 0.447 e. The summed E-state index contributed by atoms with van der Waals surface area (Å²) < 4.78 is 14.5. The number of carbonyl (C=O) groups excluding carboxylic acids is 2. The number of hydrogen-bond donors (Lipinski definition) is 2. The highest BCUT2D eigenvalue weighted by atomic mass is 16.6. The van der Waals surface area contributed by atoms with Crippen LogP contribution in [0.5, 0.6) is 5.75 Å². The average Bonchev–Trinajstić information content (AvgIpc) is 2.39. The fraction of sp³-hybridized carbons (Fsp3) is 0.333. The Balaban J connectivity index is 2.52. The summed E-state index contributed by atoms with van der Waals surface area (Å²) in [7, 11) is 2.97. The number of methoxy groups -OCH3 is 1. The van der Waals surface area contributed by atoms with Gasteiger partial charge in [0, 0.05) is 25.9 Å². The van der Waals surface area contributed by atoms with Gasteiger partial charge in [0.05, 0.1) is 6.61 Å². The van der Waals surface area contributed by atoms with E-state index in [9.17, 15) is 9.59 Å². The smallest absolute Gasteiger partial charge is 0.412 e. The lowest BCUT2D eigenvalue weighted by Gasteiger charge is -2.08. The van der Waals surface area contributed by atoms with Crippen molar-refractivity contribution >= 4 is 17.9 Å². The molecular weight excluding hydrogens is 252 g/mol. The van der Waals surface area contributed by atoms with Gasteiger partial charge in [0.15, 0.2) is 0 Å². The second-order valence-electron chi connectivity index (χ2n) is 3.42. The number of benzene rings is 1. The van der Waals surface area contributed by atoms with Gasteiger partial charge in [-0.05, 0) is 12.1 Å². The van der Waals surface area contributed by atoms with E-state index < -0.39 is 12.2 Å². The van der Waals surface area contributed by atoms with Crippen molar-refractivity contribution in [3.05, 3.63) is 24.3 Å². The van der Waals surface area contributed by atoms with Crippen LogP contribution in [0.3, 0.4) is 0 Å². The molecule has 0 spiro atoms. The van der Waals surface area contributed by atoms with Crippen LogP contribution in [0.2, 0.25) is 0 Å². The molecule has 1 rings (SSSR count). The highest BCUT2D eigenvalue weighted by Crippen LogP contribution is 2.17. The van der Waals surface area contributed by atoms with Crippen LogP contribution >= 0.6 is 0 Å². The quantitative estimate of drug-likeness (QED) is 0.792. The van der Waals surface area contributed by atoms with Crippen LogP contribution < -0.4 is 15.4 Å². The molecule has 1 aromatic rings. The molecule has 0 fully saturated rings. The standard InChI is InChI=1S/C12H16N2O5/c1-13-11(15)19-10-5-3-4-9(8-10)14-12(16)18-7-6-17-2/h3-5,8H,6-7H2,1-2H3,(H,13,15)(H,14,16). The van der Waals surface area contributed by atoms with Gasteiger partial charge in [-0.3, -0.25) is 5.32 Å². The Hall–Kier alpha value is -2.28. The molecule has 0 aliphatic carbocycles. The molecule has 0 heterocycles. The van der Waals surface area contributed by atoms with Gasteiger partial charge in [-0.15, -0.1) is 0 Å². The molecule has 1 aromatic carbocycles. The first-order chi connectivity index (χ1) is 9.15. The Morgan fingerprint density at radius 2 is 2.00 bits per heavy atom. The summed E-state index contributed by atoms with van der Waals surface area (Å²) in [5.41, 5.74) is 0.462. The Labute approximate surface area is 110 Å². The predicted molar refractivity (Wildman–Crippen MR) is 68.4 cm³/mol. The van der Waals surface area contributed by atoms with Gasteiger partial charge in [0.25, 0.3) is 0 Å². The highest BCUT2D eigenvalue weighted by molar-refractivity contribution is 5.85. The first-order valence-corrected chi connectivity index (χ1v) is 5.58. The molecule has 0 aromatic heterocycles. The van der Waals surface area contributed by atoms with E-state index >= 15 is 0 Å². The van der Waals surface area contributed by atoms with E-state index in [1.807, 2.05) is 0 Å². The van der Waals surface area contributed by atoms with Crippen LogP contribution in [-0.4, -0.2) is 39.6 Å². The van der Waals surface area contributed by atoms with Crippen LogP contribution in [0.25, 0.3) is 0 Å². The molecule has 104 valence electrons. The molecule has 0 radical (unpaired) electrons. The van der Waals surface area contributed by atoms with E-state index in [0.717, 1.165) is 0 Å². The molecule has 0 bridgehead atoms. The summed E-state index contributed by atoms with van der Waals surface area (Å²) in [5, 5.41) is 4.82. The number of nitrogens with one attached hydrogen (secondary N) is 2. The van der Waals surface area contributed by atoms with E-state index in [2.05, 4.69) is 10.6 Å². The lowest BCUT2D eigenvalue weighted by atomic mass is 10.3. The molecule has 7 heteroatoms. The molecule has 0 saturated heterocycles. The average molecular weight is 268 g/mol. The van der Waals surface area contributed by atoms with Gasteiger partial charge >= 0.3 is 12.2 Å². The zero-order chi connectivity index (χ0) is 14.1. The highest BCUT2D eigenvalue weighted by Gasteiger charge is 2.05. The molecule has 0 aliphatic heterocycles. The van der Waals surface area contributed by atoms with Crippen molar-refractivity contribution < 1.29 is 23.8 Å². The number of rotatable bonds is 5. The summed E-state index contributed by atoms with van der Waals surface area (Å²) >= 11 is 0. The molecule has 19 heavy (non-hydrogen) atoms. The van der Waals surface area contributed by atoms with Gasteiger partial charge in [0.1, 0.15) is 12.4 Å². The summed E-state index contributed by atoms with van der Waals surface area (Å²) in [6.45, 7) is 0.490. The summed E-state index contributed by atoms with van der Waals surface area (Å²) in [4.78, 5) is 22.4. The fourth-order valence-corrected chi connectivity index (χ4v) is 1.17. The predicted octanol–water partition coefficient (Wildman–Crippen LogP) is 1.60.